The highest BCUT2D eigenvalue weighted by Gasteiger charge is 2.18. The molecule has 0 radical (unpaired) electrons. The molecule has 0 fully saturated rings. The quantitative estimate of drug-likeness (QED) is 0.809. The molecule has 84 valence electrons. The van der Waals surface area contributed by atoms with E-state index >= 15 is 0 Å². The number of amides is 1. The summed E-state index contributed by atoms with van der Waals surface area (Å²) in [5, 5.41) is 6.88. The Morgan fingerprint density at radius 3 is 2.80 bits per heavy atom. The summed E-state index contributed by atoms with van der Waals surface area (Å²) in [7, 11) is 1.53. The smallest absolute Gasteiger partial charge is 0.273 e. The van der Waals surface area contributed by atoms with Crippen LogP contribution in [0.3, 0.4) is 0 Å². The molecule has 1 aromatic rings. The third kappa shape index (κ3) is 2.49. The van der Waals surface area contributed by atoms with E-state index in [1.54, 1.807) is 10.9 Å². The van der Waals surface area contributed by atoms with E-state index in [9.17, 15) is 4.79 Å². The van der Waals surface area contributed by atoms with Crippen molar-refractivity contribution in [3.63, 3.8) is 0 Å². The Morgan fingerprint density at radius 2 is 2.33 bits per heavy atom. The predicted molar refractivity (Wildman–Crippen MR) is 57.1 cm³/mol. The van der Waals surface area contributed by atoms with Gasteiger partial charge in [-0.2, -0.15) is 5.10 Å². The van der Waals surface area contributed by atoms with Crippen LogP contribution in [0.15, 0.2) is 6.20 Å². The van der Waals surface area contributed by atoms with Crippen LogP contribution in [0.4, 0.5) is 0 Å². The number of nitrogens with zero attached hydrogens (tertiary/aromatic N) is 2. The summed E-state index contributed by atoms with van der Waals surface area (Å²) in [6.07, 6.45) is 1.55. The summed E-state index contributed by atoms with van der Waals surface area (Å²) in [6, 6.07) is 0.0995. The van der Waals surface area contributed by atoms with Crippen molar-refractivity contribution in [1.82, 2.24) is 15.1 Å². The number of aryl methyl sites for hydroxylation is 1. The molecule has 0 spiro atoms. The molecule has 0 saturated carbocycles. The van der Waals surface area contributed by atoms with E-state index in [1.165, 1.54) is 7.11 Å². The molecular weight excluding hydrogens is 194 g/mol. The maximum absolute atomic E-state index is 11.8. The number of nitrogens with one attached hydrogen (secondary N) is 1. The van der Waals surface area contributed by atoms with Gasteiger partial charge in [-0.15, -0.1) is 0 Å². The Hall–Kier alpha value is -1.52. The minimum atomic E-state index is -0.152. The summed E-state index contributed by atoms with van der Waals surface area (Å²) >= 11 is 0. The fourth-order valence-electron chi connectivity index (χ4n) is 1.32. The molecule has 5 nitrogen and oxygen atoms in total. The van der Waals surface area contributed by atoms with E-state index < -0.39 is 0 Å². The molecule has 0 aliphatic heterocycles. The number of hydrogen-bond donors (Lipinski definition) is 1. The van der Waals surface area contributed by atoms with Gasteiger partial charge in [-0.25, -0.2) is 0 Å². The van der Waals surface area contributed by atoms with Gasteiger partial charge in [0.15, 0.2) is 11.4 Å². The van der Waals surface area contributed by atoms with Crippen LogP contribution in [0.2, 0.25) is 0 Å². The second kappa shape index (κ2) is 4.82. The van der Waals surface area contributed by atoms with Gasteiger partial charge in [0.2, 0.25) is 0 Å². The maximum Gasteiger partial charge on any atom is 0.273 e. The fraction of sp³-hybridized carbons (Fsp3) is 0.600. The van der Waals surface area contributed by atoms with Gasteiger partial charge in [-0.1, -0.05) is 0 Å². The molecule has 0 aliphatic carbocycles. The van der Waals surface area contributed by atoms with Gasteiger partial charge in [-0.3, -0.25) is 9.48 Å². The lowest BCUT2D eigenvalue weighted by molar-refractivity contribution is 0.0929. The lowest BCUT2D eigenvalue weighted by atomic mass is 10.3. The molecule has 0 unspecified atom stereocenters. The highest BCUT2D eigenvalue weighted by atomic mass is 16.5. The fourth-order valence-corrected chi connectivity index (χ4v) is 1.32. The maximum atomic E-state index is 11.8. The molecule has 0 atom stereocenters. The van der Waals surface area contributed by atoms with E-state index in [-0.39, 0.29) is 11.9 Å². The van der Waals surface area contributed by atoms with Crippen LogP contribution in [0, 0.1) is 0 Å². The van der Waals surface area contributed by atoms with Crippen molar-refractivity contribution in [2.75, 3.05) is 7.11 Å². The van der Waals surface area contributed by atoms with Gasteiger partial charge in [-0.05, 0) is 20.8 Å². The SMILES string of the molecule is CCn1ncc(OC)c1C(=O)NC(C)C. The normalized spacial score (nSPS) is 10.5. The van der Waals surface area contributed by atoms with Gasteiger partial charge >= 0.3 is 0 Å². The first-order chi connectivity index (χ1) is 7.10. The zero-order valence-electron chi connectivity index (χ0n) is 9.57. The number of hydrogen-bond acceptors (Lipinski definition) is 3. The van der Waals surface area contributed by atoms with E-state index in [0.717, 1.165) is 0 Å². The Morgan fingerprint density at radius 1 is 1.67 bits per heavy atom. The van der Waals surface area contributed by atoms with Gasteiger partial charge in [0.1, 0.15) is 0 Å². The summed E-state index contributed by atoms with van der Waals surface area (Å²) in [6.45, 7) is 6.40. The molecule has 1 aromatic heterocycles. The third-order valence-corrected chi connectivity index (χ3v) is 1.96. The van der Waals surface area contributed by atoms with Crippen molar-refractivity contribution in [2.24, 2.45) is 0 Å². The van der Waals surface area contributed by atoms with Crippen molar-refractivity contribution in [3.8, 4) is 5.75 Å². The molecular formula is C10H17N3O2. The van der Waals surface area contributed by atoms with Crippen LogP contribution in [-0.2, 0) is 6.54 Å². The number of aromatic nitrogens is 2. The first kappa shape index (κ1) is 11.6. The zero-order valence-corrected chi connectivity index (χ0v) is 9.57. The Bertz CT molecular complexity index is 323. The highest BCUT2D eigenvalue weighted by Crippen LogP contribution is 2.17. The summed E-state index contributed by atoms with van der Waals surface area (Å²) in [4.78, 5) is 11.8. The van der Waals surface area contributed by atoms with Crippen molar-refractivity contribution in [2.45, 2.75) is 33.4 Å². The molecule has 15 heavy (non-hydrogen) atoms. The molecule has 1 rings (SSSR count). The minimum Gasteiger partial charge on any atom is -0.493 e. The van der Waals surface area contributed by atoms with Gasteiger partial charge < -0.3 is 10.1 Å². The van der Waals surface area contributed by atoms with Gasteiger partial charge in [0.25, 0.3) is 5.91 Å². The molecule has 1 amide bonds. The van der Waals surface area contributed by atoms with E-state index in [4.69, 9.17) is 4.74 Å². The van der Waals surface area contributed by atoms with E-state index in [0.29, 0.717) is 18.0 Å². The average Bonchev–Trinajstić information content (AvgIpc) is 2.58. The number of rotatable bonds is 4. The van der Waals surface area contributed by atoms with Crippen LogP contribution in [0.25, 0.3) is 0 Å². The Labute approximate surface area is 89.4 Å². The van der Waals surface area contributed by atoms with E-state index in [1.807, 2.05) is 20.8 Å². The second-order valence-corrected chi connectivity index (χ2v) is 3.51. The van der Waals surface area contributed by atoms with Crippen LogP contribution >= 0.6 is 0 Å². The summed E-state index contributed by atoms with van der Waals surface area (Å²) in [5.41, 5.74) is 0.480. The number of carbonyl (C=O) groups is 1. The van der Waals surface area contributed by atoms with Crippen molar-refractivity contribution < 1.29 is 9.53 Å². The molecule has 0 aromatic carbocycles. The van der Waals surface area contributed by atoms with Gasteiger partial charge in [0, 0.05) is 12.6 Å². The van der Waals surface area contributed by atoms with Crippen LogP contribution in [0.1, 0.15) is 31.3 Å². The van der Waals surface area contributed by atoms with Crippen molar-refractivity contribution in [3.05, 3.63) is 11.9 Å². The molecule has 0 bridgehead atoms. The van der Waals surface area contributed by atoms with Crippen LogP contribution in [0.5, 0.6) is 5.75 Å². The lowest BCUT2D eigenvalue weighted by Crippen LogP contribution is -2.32. The number of ether oxygens (including phenoxy) is 1. The Balaban J connectivity index is 2.99. The molecule has 1 N–H and O–H groups in total. The minimum absolute atomic E-state index is 0.0995. The largest absolute Gasteiger partial charge is 0.493 e. The summed E-state index contributed by atoms with van der Waals surface area (Å²) < 4.78 is 6.71. The third-order valence-electron chi connectivity index (χ3n) is 1.96. The van der Waals surface area contributed by atoms with Crippen LogP contribution in [-0.4, -0.2) is 28.8 Å². The first-order valence-corrected chi connectivity index (χ1v) is 5.00. The second-order valence-electron chi connectivity index (χ2n) is 3.51. The van der Waals surface area contributed by atoms with Crippen molar-refractivity contribution in [1.29, 1.82) is 0 Å². The average molecular weight is 211 g/mol. The monoisotopic (exact) mass is 211 g/mol. The standard InChI is InChI=1S/C10H17N3O2/c1-5-13-9(8(15-4)6-11-13)10(14)12-7(2)3/h6-7H,5H2,1-4H3,(H,12,14). The number of methoxy groups -OCH3 is 1. The van der Waals surface area contributed by atoms with Gasteiger partial charge in [0.05, 0.1) is 13.3 Å². The van der Waals surface area contributed by atoms with Crippen molar-refractivity contribution >= 4 is 5.91 Å². The lowest BCUT2D eigenvalue weighted by Gasteiger charge is -2.10. The highest BCUT2D eigenvalue weighted by molar-refractivity contribution is 5.95. The summed E-state index contributed by atoms with van der Waals surface area (Å²) in [5.74, 6) is 0.358. The number of carbonyl (C=O) groups excluding carboxylic acids is 1. The predicted octanol–water partition coefficient (Wildman–Crippen LogP) is 1.05. The zero-order chi connectivity index (χ0) is 11.4. The molecule has 0 aliphatic rings. The van der Waals surface area contributed by atoms with E-state index in [2.05, 4.69) is 10.4 Å². The molecule has 5 heteroatoms. The molecule has 1 heterocycles. The molecule has 0 saturated heterocycles. The van der Waals surface area contributed by atoms with Crippen LogP contribution < -0.4 is 10.1 Å². The topological polar surface area (TPSA) is 56.2 Å². The first-order valence-electron chi connectivity index (χ1n) is 5.00. The Kier molecular flexibility index (Phi) is 3.71.